The molecule has 0 aliphatic heterocycles. The average molecular weight is 506 g/mol. The van der Waals surface area contributed by atoms with E-state index >= 15 is 0 Å². The molecular formula is C25H25ClFNO5S. The number of nitrogens with zero attached hydrogens (tertiary/aromatic N) is 1. The Morgan fingerprint density at radius 1 is 1.06 bits per heavy atom. The Morgan fingerprint density at radius 2 is 1.79 bits per heavy atom. The minimum Gasteiger partial charge on any atom is -0.494 e. The van der Waals surface area contributed by atoms with Gasteiger partial charge in [-0.1, -0.05) is 49.7 Å². The lowest BCUT2D eigenvalue weighted by atomic mass is 10.1. The van der Waals surface area contributed by atoms with Crippen molar-refractivity contribution in [3.63, 3.8) is 0 Å². The van der Waals surface area contributed by atoms with Gasteiger partial charge in [0.05, 0.1) is 17.7 Å². The molecule has 0 aliphatic rings. The second-order valence-electron chi connectivity index (χ2n) is 8.04. The fourth-order valence-corrected chi connectivity index (χ4v) is 4.51. The number of carbonyl (C=O) groups is 1. The van der Waals surface area contributed by atoms with Crippen LogP contribution in [-0.2, 0) is 16.7 Å². The third kappa shape index (κ3) is 6.27. The predicted molar refractivity (Wildman–Crippen MR) is 128 cm³/mol. The van der Waals surface area contributed by atoms with Crippen LogP contribution < -0.4 is 8.92 Å². The number of amides is 1. The summed E-state index contributed by atoms with van der Waals surface area (Å²) in [5.74, 6) is -0.885. The van der Waals surface area contributed by atoms with E-state index in [2.05, 4.69) is 0 Å². The van der Waals surface area contributed by atoms with E-state index in [9.17, 15) is 17.6 Å². The molecule has 0 spiro atoms. The number of halogens is 2. The Morgan fingerprint density at radius 3 is 2.44 bits per heavy atom. The van der Waals surface area contributed by atoms with Gasteiger partial charge < -0.3 is 13.8 Å². The highest BCUT2D eigenvalue weighted by Gasteiger charge is 2.22. The first-order valence-corrected chi connectivity index (χ1v) is 12.3. The smallest absolute Gasteiger partial charge is 0.339 e. The van der Waals surface area contributed by atoms with Crippen LogP contribution in [0.15, 0.2) is 71.6 Å². The molecule has 0 N–H and O–H groups in total. The van der Waals surface area contributed by atoms with Gasteiger partial charge in [0, 0.05) is 13.1 Å². The number of benzene rings is 3. The molecule has 3 rings (SSSR count). The molecule has 0 atom stereocenters. The van der Waals surface area contributed by atoms with Gasteiger partial charge in [0.1, 0.15) is 10.6 Å². The second-order valence-corrected chi connectivity index (χ2v) is 9.99. The second kappa shape index (κ2) is 10.9. The van der Waals surface area contributed by atoms with Gasteiger partial charge in [-0.15, -0.1) is 0 Å². The largest absolute Gasteiger partial charge is 0.494 e. The van der Waals surface area contributed by atoms with Crippen LogP contribution in [0.4, 0.5) is 4.39 Å². The topological polar surface area (TPSA) is 72.9 Å². The van der Waals surface area contributed by atoms with Crippen LogP contribution in [0.25, 0.3) is 0 Å². The molecule has 3 aromatic carbocycles. The van der Waals surface area contributed by atoms with Gasteiger partial charge in [-0.2, -0.15) is 8.42 Å². The summed E-state index contributed by atoms with van der Waals surface area (Å²) in [7, 11) is -3.00. The van der Waals surface area contributed by atoms with Crippen molar-refractivity contribution in [2.24, 2.45) is 5.92 Å². The van der Waals surface area contributed by atoms with E-state index in [0.717, 1.165) is 6.07 Å². The Bertz CT molecular complexity index is 1280. The first-order valence-electron chi connectivity index (χ1n) is 10.5. The van der Waals surface area contributed by atoms with Crippen molar-refractivity contribution in [1.29, 1.82) is 0 Å². The predicted octanol–water partition coefficient (Wildman–Crippen LogP) is 5.55. The number of hydrogen-bond donors (Lipinski definition) is 0. The molecule has 0 radical (unpaired) electrons. The van der Waals surface area contributed by atoms with Gasteiger partial charge in [0.2, 0.25) is 0 Å². The summed E-state index contributed by atoms with van der Waals surface area (Å²) in [6.45, 7) is 4.68. The lowest BCUT2D eigenvalue weighted by Crippen LogP contribution is -2.34. The van der Waals surface area contributed by atoms with Gasteiger partial charge in [-0.25, -0.2) is 4.39 Å². The quantitative estimate of drug-likeness (QED) is 0.356. The minimum absolute atomic E-state index is 0.0448. The van der Waals surface area contributed by atoms with Crippen LogP contribution in [0.1, 0.15) is 29.8 Å². The molecule has 0 unspecified atom stereocenters. The summed E-state index contributed by atoms with van der Waals surface area (Å²) in [4.78, 5) is 14.5. The van der Waals surface area contributed by atoms with E-state index in [4.69, 9.17) is 20.5 Å². The van der Waals surface area contributed by atoms with Crippen molar-refractivity contribution in [3.8, 4) is 11.5 Å². The Kier molecular flexibility index (Phi) is 8.17. The van der Waals surface area contributed by atoms with Crippen LogP contribution in [0.2, 0.25) is 5.02 Å². The number of carbonyl (C=O) groups excluding carboxylic acids is 1. The van der Waals surface area contributed by atoms with Crippen LogP contribution in [0.3, 0.4) is 0 Å². The van der Waals surface area contributed by atoms with E-state index in [1.807, 2.05) is 13.8 Å². The molecule has 3 aromatic rings. The monoisotopic (exact) mass is 505 g/mol. The van der Waals surface area contributed by atoms with Crippen molar-refractivity contribution >= 4 is 27.6 Å². The molecule has 0 heterocycles. The van der Waals surface area contributed by atoms with Gasteiger partial charge in [-0.3, -0.25) is 4.79 Å². The highest BCUT2D eigenvalue weighted by atomic mass is 35.5. The number of rotatable bonds is 9. The summed E-state index contributed by atoms with van der Waals surface area (Å²) in [6, 6.07) is 16.5. The van der Waals surface area contributed by atoms with Crippen LogP contribution in [0.5, 0.6) is 11.5 Å². The summed E-state index contributed by atoms with van der Waals surface area (Å²) < 4.78 is 49.3. The molecule has 180 valence electrons. The van der Waals surface area contributed by atoms with Crippen molar-refractivity contribution in [2.75, 3.05) is 13.7 Å². The Hall–Kier alpha value is -3.10. The van der Waals surface area contributed by atoms with Crippen molar-refractivity contribution in [2.45, 2.75) is 25.3 Å². The average Bonchev–Trinajstić information content (AvgIpc) is 2.78. The van der Waals surface area contributed by atoms with Gasteiger partial charge in [0.15, 0.2) is 11.6 Å². The van der Waals surface area contributed by atoms with E-state index in [-0.39, 0.29) is 34.8 Å². The molecular weight excluding hydrogens is 481 g/mol. The van der Waals surface area contributed by atoms with Crippen molar-refractivity contribution in [3.05, 3.63) is 88.7 Å². The maximum atomic E-state index is 14.0. The molecule has 0 bridgehead atoms. The van der Waals surface area contributed by atoms with Crippen LogP contribution in [-0.4, -0.2) is 32.9 Å². The molecule has 0 aliphatic carbocycles. The van der Waals surface area contributed by atoms with Crippen LogP contribution in [0, 0.1) is 11.7 Å². The fourth-order valence-electron chi connectivity index (χ4n) is 3.36. The maximum Gasteiger partial charge on any atom is 0.339 e. The molecule has 0 saturated carbocycles. The van der Waals surface area contributed by atoms with Crippen molar-refractivity contribution in [1.82, 2.24) is 4.90 Å². The number of methoxy groups -OCH3 is 1. The number of ether oxygens (including phenoxy) is 1. The lowest BCUT2D eigenvalue weighted by Gasteiger charge is -2.25. The van der Waals surface area contributed by atoms with Gasteiger partial charge in [-0.05, 0) is 53.9 Å². The third-order valence-corrected chi connectivity index (χ3v) is 6.44. The zero-order valence-electron chi connectivity index (χ0n) is 19.0. The Labute approximate surface area is 204 Å². The summed E-state index contributed by atoms with van der Waals surface area (Å²) in [5.41, 5.74) is 1.05. The van der Waals surface area contributed by atoms with E-state index < -0.39 is 15.9 Å². The zero-order valence-corrected chi connectivity index (χ0v) is 20.6. The van der Waals surface area contributed by atoms with E-state index in [1.165, 1.54) is 31.4 Å². The first-order chi connectivity index (χ1) is 16.1. The van der Waals surface area contributed by atoms with Gasteiger partial charge in [0.25, 0.3) is 5.91 Å². The van der Waals surface area contributed by atoms with E-state index in [1.54, 1.807) is 41.3 Å². The molecule has 6 nitrogen and oxygen atoms in total. The maximum absolute atomic E-state index is 14.0. The number of hydrogen-bond acceptors (Lipinski definition) is 5. The zero-order chi connectivity index (χ0) is 24.9. The molecule has 0 fully saturated rings. The molecule has 0 aromatic heterocycles. The molecule has 0 saturated heterocycles. The SMILES string of the molecule is COc1ccc(S(=O)(=O)Oc2cccc(CN(CC(C)C)C(=O)c3ccccc3Cl)c2)cc1F. The summed E-state index contributed by atoms with van der Waals surface area (Å²) in [5, 5.41) is 0.358. The third-order valence-electron chi connectivity index (χ3n) is 4.87. The summed E-state index contributed by atoms with van der Waals surface area (Å²) in [6.07, 6.45) is 0. The fraction of sp³-hybridized carbons (Fsp3) is 0.240. The minimum atomic E-state index is -4.28. The van der Waals surface area contributed by atoms with Crippen molar-refractivity contribution < 1.29 is 26.5 Å². The molecule has 9 heteroatoms. The highest BCUT2D eigenvalue weighted by Crippen LogP contribution is 2.25. The first kappa shape index (κ1) is 25.5. The van der Waals surface area contributed by atoms with E-state index in [0.29, 0.717) is 22.7 Å². The summed E-state index contributed by atoms with van der Waals surface area (Å²) >= 11 is 6.22. The molecule has 34 heavy (non-hydrogen) atoms. The normalized spacial score (nSPS) is 11.4. The van der Waals surface area contributed by atoms with Crippen LogP contribution >= 0.6 is 11.6 Å². The highest BCUT2D eigenvalue weighted by molar-refractivity contribution is 7.87. The molecule has 1 amide bonds. The van der Waals surface area contributed by atoms with Gasteiger partial charge >= 0.3 is 10.1 Å². The standard InChI is InChI=1S/C25H25ClFNO5S/c1-17(2)15-28(25(29)21-9-4-5-10-22(21)26)16-18-7-6-8-19(13-18)33-34(30,31)20-11-12-24(32-3)23(27)14-20/h4-14,17H,15-16H2,1-3H3. The lowest BCUT2D eigenvalue weighted by molar-refractivity contribution is 0.0722. The Balaban J connectivity index is 1.83.